The minimum Gasteiger partial charge on any atom is -0.213 e. The first-order valence-electron chi connectivity index (χ1n) is 16.0. The second-order valence-corrected chi connectivity index (χ2v) is 11.8. The Morgan fingerprint density at radius 3 is 1.04 bits per heavy atom. The Labute approximate surface area is 279 Å². The lowest BCUT2D eigenvalue weighted by atomic mass is 9.95. The second kappa shape index (κ2) is 12.4. The Balaban J connectivity index is 1.17. The van der Waals surface area contributed by atoms with Crippen LogP contribution in [0.2, 0.25) is 0 Å². The number of hydrogen-bond donors (Lipinski definition) is 0. The summed E-state index contributed by atoms with van der Waals surface area (Å²) in [6.45, 7) is 4.31. The van der Waals surface area contributed by atoms with Gasteiger partial charge in [0.2, 0.25) is 0 Å². The molecular weight excluding hydrogens is 589 g/mol. The Bertz CT molecular complexity index is 2170. The number of benzene rings is 6. The maximum atomic E-state index is 4.98. The molecule has 0 aliphatic rings. The number of nitrogens with zero attached hydrogens (tertiary/aromatic N) is 6. The predicted molar refractivity (Wildman–Crippen MR) is 193 cm³/mol. The minimum absolute atomic E-state index is 0.695. The molecule has 0 unspecified atom stereocenters. The smallest absolute Gasteiger partial charge is 0.182 e. The average molecular weight is 621 g/mol. The van der Waals surface area contributed by atoms with Crippen molar-refractivity contribution in [3.63, 3.8) is 0 Å². The van der Waals surface area contributed by atoms with Gasteiger partial charge in [0.15, 0.2) is 23.3 Å². The Kier molecular flexibility index (Phi) is 7.51. The Hall–Kier alpha value is -6.40. The van der Waals surface area contributed by atoms with Crippen LogP contribution in [0.4, 0.5) is 0 Å². The van der Waals surface area contributed by atoms with Crippen LogP contribution in [0, 0.1) is 13.8 Å². The number of rotatable bonds is 7. The highest BCUT2D eigenvalue weighted by molar-refractivity contribution is 5.74. The molecule has 0 saturated heterocycles. The Morgan fingerprint density at radius 2 is 0.708 bits per heavy atom. The van der Waals surface area contributed by atoms with Crippen molar-refractivity contribution in [2.75, 3.05) is 0 Å². The van der Waals surface area contributed by atoms with Crippen molar-refractivity contribution in [3.05, 3.63) is 169 Å². The van der Waals surface area contributed by atoms with Gasteiger partial charge in [-0.2, -0.15) is 0 Å². The van der Waals surface area contributed by atoms with E-state index in [2.05, 4.69) is 74.5 Å². The first-order chi connectivity index (χ1) is 23.6. The fourth-order valence-corrected chi connectivity index (χ4v) is 6.11. The van der Waals surface area contributed by atoms with E-state index in [-0.39, 0.29) is 0 Å². The number of hydrogen-bond acceptors (Lipinski definition) is 4. The zero-order valence-corrected chi connectivity index (χ0v) is 26.7. The lowest BCUT2D eigenvalue weighted by molar-refractivity contribution is 0.888. The van der Waals surface area contributed by atoms with Crippen LogP contribution < -0.4 is 0 Å². The minimum atomic E-state index is 0.695. The van der Waals surface area contributed by atoms with E-state index in [0.717, 1.165) is 56.4 Å². The van der Waals surface area contributed by atoms with Crippen molar-refractivity contribution in [2.24, 2.45) is 0 Å². The van der Waals surface area contributed by atoms with Gasteiger partial charge in [0.1, 0.15) is 0 Å². The highest BCUT2D eigenvalue weighted by atomic mass is 15.4. The summed E-state index contributed by atoms with van der Waals surface area (Å²) in [6, 6.07) is 53.7. The maximum absolute atomic E-state index is 4.98. The highest BCUT2D eigenvalue weighted by Crippen LogP contribution is 2.33. The molecule has 0 spiro atoms. The standard InChI is InChI=1S/C42H32N6/c1-29-27-35(47-41(33-19-11-5-12-20-33)43-39(45-47)31-15-7-3-8-16-31)23-25-37(29)38-26-24-36(28-30(38)2)48-42(34-21-13-6-14-22-34)44-40(46-48)32-17-9-4-10-18-32/h3-28H,1-2H3. The molecule has 0 fully saturated rings. The van der Waals surface area contributed by atoms with E-state index in [1.165, 1.54) is 11.1 Å². The summed E-state index contributed by atoms with van der Waals surface area (Å²) in [5.41, 5.74) is 10.5. The van der Waals surface area contributed by atoms with Crippen molar-refractivity contribution in [3.8, 4) is 68.1 Å². The molecule has 0 amide bonds. The van der Waals surface area contributed by atoms with Crippen molar-refractivity contribution < 1.29 is 0 Å². The summed E-state index contributed by atoms with van der Waals surface area (Å²) in [4.78, 5) is 9.96. The van der Waals surface area contributed by atoms with Gasteiger partial charge in [-0.25, -0.2) is 19.3 Å². The fraction of sp³-hybridized carbons (Fsp3) is 0.0476. The summed E-state index contributed by atoms with van der Waals surface area (Å²) in [6.07, 6.45) is 0. The predicted octanol–water partition coefficient (Wildman–Crippen LogP) is 9.80. The normalized spacial score (nSPS) is 11.1. The third-order valence-electron chi connectivity index (χ3n) is 8.54. The van der Waals surface area contributed by atoms with Crippen molar-refractivity contribution in [1.29, 1.82) is 0 Å². The van der Waals surface area contributed by atoms with E-state index in [0.29, 0.717) is 11.6 Å². The third-order valence-corrected chi connectivity index (χ3v) is 8.54. The topological polar surface area (TPSA) is 61.4 Å². The molecular formula is C42H32N6. The molecule has 230 valence electrons. The Morgan fingerprint density at radius 1 is 0.375 bits per heavy atom. The second-order valence-electron chi connectivity index (χ2n) is 11.8. The number of aryl methyl sites for hydroxylation is 2. The van der Waals surface area contributed by atoms with Gasteiger partial charge in [-0.05, 0) is 60.4 Å². The van der Waals surface area contributed by atoms with Crippen LogP contribution in [0.1, 0.15) is 11.1 Å². The van der Waals surface area contributed by atoms with Gasteiger partial charge in [-0.3, -0.25) is 0 Å². The van der Waals surface area contributed by atoms with Crippen LogP contribution in [0.3, 0.4) is 0 Å². The van der Waals surface area contributed by atoms with Crippen LogP contribution in [-0.2, 0) is 0 Å². The van der Waals surface area contributed by atoms with E-state index in [1.807, 2.05) is 106 Å². The van der Waals surface area contributed by atoms with Crippen LogP contribution >= 0.6 is 0 Å². The molecule has 0 radical (unpaired) electrons. The van der Waals surface area contributed by atoms with E-state index in [4.69, 9.17) is 20.2 Å². The lowest BCUT2D eigenvalue weighted by Gasteiger charge is -2.14. The summed E-state index contributed by atoms with van der Waals surface area (Å²) in [5.74, 6) is 3.00. The molecule has 6 heteroatoms. The number of aromatic nitrogens is 6. The van der Waals surface area contributed by atoms with Crippen molar-refractivity contribution >= 4 is 0 Å². The molecule has 6 nitrogen and oxygen atoms in total. The summed E-state index contributed by atoms with van der Waals surface area (Å²) in [7, 11) is 0. The van der Waals surface area contributed by atoms with Crippen LogP contribution in [0.15, 0.2) is 158 Å². The van der Waals surface area contributed by atoms with Crippen LogP contribution in [-0.4, -0.2) is 29.5 Å². The molecule has 0 atom stereocenters. The van der Waals surface area contributed by atoms with Gasteiger partial charge in [-0.15, -0.1) is 10.2 Å². The molecule has 6 aromatic carbocycles. The third kappa shape index (κ3) is 5.50. The highest BCUT2D eigenvalue weighted by Gasteiger charge is 2.18. The zero-order chi connectivity index (χ0) is 32.5. The zero-order valence-electron chi connectivity index (χ0n) is 26.7. The van der Waals surface area contributed by atoms with Gasteiger partial charge in [-0.1, -0.05) is 133 Å². The van der Waals surface area contributed by atoms with Gasteiger partial charge in [0, 0.05) is 22.3 Å². The molecule has 0 saturated carbocycles. The van der Waals surface area contributed by atoms with Crippen LogP contribution in [0.5, 0.6) is 0 Å². The molecule has 48 heavy (non-hydrogen) atoms. The maximum Gasteiger partial charge on any atom is 0.182 e. The molecule has 0 aliphatic heterocycles. The van der Waals surface area contributed by atoms with E-state index < -0.39 is 0 Å². The van der Waals surface area contributed by atoms with Crippen molar-refractivity contribution in [1.82, 2.24) is 29.5 Å². The first-order valence-corrected chi connectivity index (χ1v) is 16.0. The molecule has 8 aromatic rings. The SMILES string of the molecule is Cc1cc(-n2nc(-c3ccccc3)nc2-c2ccccc2)ccc1-c1ccc(-n2nc(-c3ccccc3)nc2-c2ccccc2)cc1C. The largest absolute Gasteiger partial charge is 0.213 e. The summed E-state index contributed by atoms with van der Waals surface area (Å²) >= 11 is 0. The summed E-state index contributed by atoms with van der Waals surface area (Å²) < 4.78 is 3.90. The van der Waals surface area contributed by atoms with Crippen molar-refractivity contribution in [2.45, 2.75) is 13.8 Å². The van der Waals surface area contributed by atoms with E-state index >= 15 is 0 Å². The van der Waals surface area contributed by atoms with Gasteiger partial charge in [0.25, 0.3) is 0 Å². The quantitative estimate of drug-likeness (QED) is 0.178. The van der Waals surface area contributed by atoms with Gasteiger partial charge in [0.05, 0.1) is 11.4 Å². The lowest BCUT2D eigenvalue weighted by Crippen LogP contribution is -2.02. The molecule has 2 heterocycles. The molecule has 2 aromatic heterocycles. The molecule has 0 N–H and O–H groups in total. The molecule has 0 bridgehead atoms. The monoisotopic (exact) mass is 620 g/mol. The van der Waals surface area contributed by atoms with E-state index in [9.17, 15) is 0 Å². The van der Waals surface area contributed by atoms with Crippen LogP contribution in [0.25, 0.3) is 68.1 Å². The molecule has 0 aliphatic carbocycles. The van der Waals surface area contributed by atoms with Gasteiger partial charge < -0.3 is 0 Å². The van der Waals surface area contributed by atoms with E-state index in [1.54, 1.807) is 0 Å². The van der Waals surface area contributed by atoms with Gasteiger partial charge >= 0.3 is 0 Å². The fourth-order valence-electron chi connectivity index (χ4n) is 6.11. The molecule has 8 rings (SSSR count). The first kappa shape index (κ1) is 29.0. The average Bonchev–Trinajstić information content (AvgIpc) is 3.80. The summed E-state index contributed by atoms with van der Waals surface area (Å²) in [5, 5.41) is 9.96.